The van der Waals surface area contributed by atoms with Gasteiger partial charge in [0.2, 0.25) is 5.91 Å². The van der Waals surface area contributed by atoms with Crippen LogP contribution < -0.4 is 15.1 Å². The maximum Gasteiger partial charge on any atom is 0.243 e. The lowest BCUT2D eigenvalue weighted by molar-refractivity contribution is -0.115. The Morgan fingerprint density at radius 1 is 1.15 bits per heavy atom. The Labute approximate surface area is 162 Å². The Balaban J connectivity index is 1.45. The topological polar surface area (TPSA) is 35.6 Å². The molecule has 1 atom stereocenters. The van der Waals surface area contributed by atoms with Crippen molar-refractivity contribution in [3.05, 3.63) is 53.6 Å². The minimum Gasteiger partial charge on any atom is -0.372 e. The molecule has 2 aliphatic rings. The number of rotatable bonds is 4. The van der Waals surface area contributed by atoms with E-state index in [1.165, 1.54) is 29.8 Å². The van der Waals surface area contributed by atoms with Crippen LogP contribution in [0.1, 0.15) is 37.3 Å². The summed E-state index contributed by atoms with van der Waals surface area (Å²) in [6.07, 6.45) is 4.72. The van der Waals surface area contributed by atoms with Gasteiger partial charge in [-0.05, 0) is 74.9 Å². The molecule has 1 fully saturated rings. The van der Waals surface area contributed by atoms with Crippen molar-refractivity contribution in [3.63, 3.8) is 0 Å². The fourth-order valence-corrected chi connectivity index (χ4v) is 4.31. The number of nitrogens with zero attached hydrogens (tertiary/aromatic N) is 2. The molecule has 0 aromatic heterocycles. The maximum absolute atomic E-state index is 12.8. The number of nitrogens with one attached hydrogen (secondary N) is 1. The molecule has 0 saturated carbocycles. The summed E-state index contributed by atoms with van der Waals surface area (Å²) in [6.45, 7) is 6.95. The highest BCUT2D eigenvalue weighted by atomic mass is 16.2. The number of amides is 1. The van der Waals surface area contributed by atoms with Crippen molar-refractivity contribution < 1.29 is 4.79 Å². The van der Waals surface area contributed by atoms with Crippen LogP contribution in [0.15, 0.2) is 42.5 Å². The quantitative estimate of drug-likeness (QED) is 0.876. The molecule has 1 amide bonds. The molecule has 2 aliphatic heterocycles. The molecule has 1 unspecified atom stereocenters. The minimum atomic E-state index is 0.0515. The highest BCUT2D eigenvalue weighted by molar-refractivity contribution is 5.95. The lowest BCUT2D eigenvalue weighted by Gasteiger charge is -2.36. The van der Waals surface area contributed by atoms with E-state index in [1.807, 2.05) is 0 Å². The smallest absolute Gasteiger partial charge is 0.243 e. The van der Waals surface area contributed by atoms with E-state index in [9.17, 15) is 4.79 Å². The van der Waals surface area contributed by atoms with Gasteiger partial charge in [-0.1, -0.05) is 18.2 Å². The van der Waals surface area contributed by atoms with Gasteiger partial charge in [-0.3, -0.25) is 4.79 Å². The molecule has 0 bridgehead atoms. The lowest BCUT2D eigenvalue weighted by Crippen LogP contribution is -2.42. The van der Waals surface area contributed by atoms with Crippen LogP contribution in [0.3, 0.4) is 0 Å². The molecule has 0 spiro atoms. The first-order chi connectivity index (χ1) is 13.1. The van der Waals surface area contributed by atoms with Gasteiger partial charge in [0.15, 0.2) is 0 Å². The monoisotopic (exact) mass is 363 g/mol. The maximum atomic E-state index is 12.8. The van der Waals surface area contributed by atoms with E-state index in [-0.39, 0.29) is 5.91 Å². The van der Waals surface area contributed by atoms with Crippen molar-refractivity contribution in [1.82, 2.24) is 0 Å². The molecule has 4 heteroatoms. The van der Waals surface area contributed by atoms with Crippen molar-refractivity contribution in [1.29, 1.82) is 0 Å². The molecule has 4 nitrogen and oxygen atoms in total. The van der Waals surface area contributed by atoms with E-state index in [2.05, 4.69) is 71.4 Å². The van der Waals surface area contributed by atoms with Gasteiger partial charge in [-0.15, -0.1) is 0 Å². The third kappa shape index (κ3) is 3.80. The van der Waals surface area contributed by atoms with Gasteiger partial charge in [0.05, 0.1) is 6.54 Å². The van der Waals surface area contributed by atoms with E-state index in [1.54, 1.807) is 0 Å². The second kappa shape index (κ2) is 7.63. The summed E-state index contributed by atoms with van der Waals surface area (Å²) in [4.78, 5) is 17.4. The first kappa shape index (κ1) is 17.9. The normalized spacial score (nSPS) is 19.1. The molecule has 2 aromatic rings. The molecule has 2 aromatic carbocycles. The fraction of sp³-hybridized carbons (Fsp3) is 0.435. The van der Waals surface area contributed by atoms with E-state index in [4.69, 9.17) is 0 Å². The highest BCUT2D eigenvalue weighted by Gasteiger charge is 2.24. The van der Waals surface area contributed by atoms with E-state index >= 15 is 0 Å². The molecule has 1 N–H and O–H groups in total. The van der Waals surface area contributed by atoms with Crippen molar-refractivity contribution >= 4 is 23.0 Å². The second-order valence-electron chi connectivity index (χ2n) is 7.89. The summed E-state index contributed by atoms with van der Waals surface area (Å²) in [6, 6.07) is 15.2. The standard InChI is InChI=1S/C23H29N3O/c1-17-15-20(25-13-5-6-14-25)11-12-21(17)24-23(27)16-26-18(2)9-10-19-7-3-4-8-22(19)26/h3-4,7-8,11-12,15,18H,5-6,9-10,13-14,16H2,1-2H3,(H,24,27). The zero-order valence-electron chi connectivity index (χ0n) is 16.4. The number of benzene rings is 2. The summed E-state index contributed by atoms with van der Waals surface area (Å²) >= 11 is 0. The second-order valence-corrected chi connectivity index (χ2v) is 7.89. The van der Waals surface area contributed by atoms with Gasteiger partial charge in [0, 0.05) is 36.2 Å². The van der Waals surface area contributed by atoms with Crippen molar-refractivity contribution in [2.45, 2.75) is 45.6 Å². The first-order valence-electron chi connectivity index (χ1n) is 10.1. The molecule has 2 heterocycles. The molecule has 142 valence electrons. The number of anilines is 3. The van der Waals surface area contributed by atoms with Crippen molar-refractivity contribution in [3.8, 4) is 0 Å². The van der Waals surface area contributed by atoms with Gasteiger partial charge in [-0.2, -0.15) is 0 Å². The molecule has 4 rings (SSSR count). The molecular formula is C23H29N3O. The van der Waals surface area contributed by atoms with Crippen molar-refractivity contribution in [2.24, 2.45) is 0 Å². The van der Waals surface area contributed by atoms with E-state index in [0.717, 1.165) is 37.2 Å². The summed E-state index contributed by atoms with van der Waals surface area (Å²) in [5.74, 6) is 0.0515. The summed E-state index contributed by atoms with van der Waals surface area (Å²) in [5, 5.41) is 3.13. The Bertz CT molecular complexity index is 826. The molecule has 1 saturated heterocycles. The van der Waals surface area contributed by atoms with E-state index < -0.39 is 0 Å². The Kier molecular flexibility index (Phi) is 5.06. The Morgan fingerprint density at radius 2 is 1.93 bits per heavy atom. The van der Waals surface area contributed by atoms with Crippen LogP contribution in [-0.4, -0.2) is 31.6 Å². The van der Waals surface area contributed by atoms with Crippen LogP contribution in [-0.2, 0) is 11.2 Å². The van der Waals surface area contributed by atoms with Gasteiger partial charge in [0.25, 0.3) is 0 Å². The molecule has 0 radical (unpaired) electrons. The SMILES string of the molecule is Cc1cc(N2CCCC2)ccc1NC(=O)CN1c2ccccc2CCC1C. The lowest BCUT2D eigenvalue weighted by atomic mass is 9.96. The van der Waals surface area contributed by atoms with E-state index in [0.29, 0.717) is 12.6 Å². The number of hydrogen-bond donors (Lipinski definition) is 1. The summed E-state index contributed by atoms with van der Waals surface area (Å²) in [5.41, 5.74) is 5.85. The summed E-state index contributed by atoms with van der Waals surface area (Å²) in [7, 11) is 0. The Morgan fingerprint density at radius 3 is 2.70 bits per heavy atom. The van der Waals surface area contributed by atoms with Crippen LogP contribution in [0.4, 0.5) is 17.1 Å². The molecule has 27 heavy (non-hydrogen) atoms. The first-order valence-corrected chi connectivity index (χ1v) is 10.1. The Hall–Kier alpha value is -2.49. The van der Waals surface area contributed by atoms with Crippen molar-refractivity contribution in [2.75, 3.05) is 34.8 Å². The van der Waals surface area contributed by atoms with Crippen LogP contribution in [0, 0.1) is 6.92 Å². The highest BCUT2D eigenvalue weighted by Crippen LogP contribution is 2.30. The third-order valence-electron chi connectivity index (χ3n) is 5.93. The van der Waals surface area contributed by atoms with Crippen LogP contribution in [0.5, 0.6) is 0 Å². The largest absolute Gasteiger partial charge is 0.372 e. The zero-order chi connectivity index (χ0) is 18.8. The number of fused-ring (bicyclic) bond motifs is 1. The number of carbonyl (C=O) groups is 1. The average Bonchev–Trinajstić information content (AvgIpc) is 3.20. The van der Waals surface area contributed by atoms with Crippen LogP contribution in [0.2, 0.25) is 0 Å². The fourth-order valence-electron chi connectivity index (χ4n) is 4.31. The van der Waals surface area contributed by atoms with Gasteiger partial charge < -0.3 is 15.1 Å². The number of carbonyl (C=O) groups excluding carboxylic acids is 1. The zero-order valence-corrected chi connectivity index (χ0v) is 16.4. The predicted octanol–water partition coefficient (Wildman–Crippen LogP) is 4.38. The van der Waals surface area contributed by atoms with Crippen LogP contribution in [0.25, 0.3) is 0 Å². The number of para-hydroxylation sites is 1. The van der Waals surface area contributed by atoms with Gasteiger partial charge in [-0.25, -0.2) is 0 Å². The van der Waals surface area contributed by atoms with Crippen LogP contribution >= 0.6 is 0 Å². The average molecular weight is 364 g/mol. The number of hydrogen-bond acceptors (Lipinski definition) is 3. The molecule has 0 aliphatic carbocycles. The third-order valence-corrected chi connectivity index (χ3v) is 5.93. The van der Waals surface area contributed by atoms with Gasteiger partial charge >= 0.3 is 0 Å². The molecular weight excluding hydrogens is 334 g/mol. The minimum absolute atomic E-state index is 0.0515. The van der Waals surface area contributed by atoms with Gasteiger partial charge in [0.1, 0.15) is 0 Å². The predicted molar refractivity (Wildman–Crippen MR) is 113 cm³/mol. The number of aryl methyl sites for hydroxylation is 2. The summed E-state index contributed by atoms with van der Waals surface area (Å²) < 4.78 is 0.